The molecule has 0 spiro atoms. The smallest absolute Gasteiger partial charge is 0.119 e. The first-order chi connectivity index (χ1) is 8.17. The molecule has 0 saturated carbocycles. The minimum absolute atomic E-state index is 0.122. The summed E-state index contributed by atoms with van der Waals surface area (Å²) in [4.78, 5) is 0. The van der Waals surface area contributed by atoms with Gasteiger partial charge in [-0.15, -0.1) is 0 Å². The van der Waals surface area contributed by atoms with E-state index in [0.717, 1.165) is 12.2 Å². The van der Waals surface area contributed by atoms with Gasteiger partial charge in [-0.1, -0.05) is 38.8 Å². The van der Waals surface area contributed by atoms with E-state index < -0.39 is 0 Å². The highest BCUT2D eigenvalue weighted by Gasteiger charge is 2.11. The van der Waals surface area contributed by atoms with Crippen LogP contribution in [0.3, 0.4) is 0 Å². The average Bonchev–Trinajstić information content (AvgIpc) is 2.30. The number of benzene rings is 1. The molecule has 0 heterocycles. The maximum atomic E-state index is 6.24. The molecular formula is C15H25NO. The van der Waals surface area contributed by atoms with Crippen molar-refractivity contribution in [3.05, 3.63) is 29.8 Å². The van der Waals surface area contributed by atoms with Gasteiger partial charge in [-0.05, 0) is 37.0 Å². The number of nitrogens with two attached hydrogens (primary N) is 1. The van der Waals surface area contributed by atoms with Crippen molar-refractivity contribution in [3.63, 3.8) is 0 Å². The van der Waals surface area contributed by atoms with Crippen molar-refractivity contribution in [2.45, 2.75) is 46.1 Å². The molecule has 0 aliphatic rings. The Morgan fingerprint density at radius 1 is 1.29 bits per heavy atom. The molecule has 0 amide bonds. The van der Waals surface area contributed by atoms with Crippen LogP contribution in [0.25, 0.3) is 0 Å². The van der Waals surface area contributed by atoms with Crippen molar-refractivity contribution < 1.29 is 4.74 Å². The first-order valence-corrected chi connectivity index (χ1v) is 6.65. The zero-order chi connectivity index (χ0) is 12.7. The maximum Gasteiger partial charge on any atom is 0.119 e. The summed E-state index contributed by atoms with van der Waals surface area (Å²) in [6.45, 7) is 7.19. The number of ether oxygens (including phenoxy) is 1. The van der Waals surface area contributed by atoms with E-state index in [9.17, 15) is 0 Å². The molecule has 0 aromatic heterocycles. The number of hydrogen-bond donors (Lipinski definition) is 1. The Labute approximate surface area is 105 Å². The van der Waals surface area contributed by atoms with Gasteiger partial charge in [0.15, 0.2) is 0 Å². The lowest BCUT2D eigenvalue weighted by Gasteiger charge is -2.17. The molecule has 96 valence electrons. The van der Waals surface area contributed by atoms with E-state index in [-0.39, 0.29) is 6.04 Å². The summed E-state index contributed by atoms with van der Waals surface area (Å²) in [7, 11) is 0. The van der Waals surface area contributed by atoms with Crippen molar-refractivity contribution in [2.24, 2.45) is 11.7 Å². The Balaban J connectivity index is 2.61. The van der Waals surface area contributed by atoms with E-state index in [4.69, 9.17) is 10.5 Å². The molecule has 2 atom stereocenters. The normalized spacial score (nSPS) is 14.4. The van der Waals surface area contributed by atoms with Crippen LogP contribution in [-0.2, 0) is 0 Å². The van der Waals surface area contributed by atoms with E-state index in [0.29, 0.717) is 12.5 Å². The van der Waals surface area contributed by atoms with Crippen LogP contribution in [0.5, 0.6) is 5.75 Å². The molecule has 2 nitrogen and oxygen atoms in total. The summed E-state index contributed by atoms with van der Waals surface area (Å²) in [5.74, 6) is 1.61. The van der Waals surface area contributed by atoms with Crippen LogP contribution in [0, 0.1) is 5.92 Å². The topological polar surface area (TPSA) is 35.2 Å². The molecule has 2 heteroatoms. The largest absolute Gasteiger partial charge is 0.494 e. The standard InChI is InChI=1S/C15H25NO/c1-4-7-12(3)10-15(16)13-8-6-9-14(11-13)17-5-2/h6,8-9,11-12,15H,4-5,7,10,16H2,1-3H3. The first kappa shape index (κ1) is 14.0. The van der Waals surface area contributed by atoms with Crippen LogP contribution in [0.2, 0.25) is 0 Å². The SMILES string of the molecule is CCCC(C)CC(N)c1cccc(OCC)c1. The van der Waals surface area contributed by atoms with Crippen LogP contribution in [0.15, 0.2) is 24.3 Å². The monoisotopic (exact) mass is 235 g/mol. The Bertz CT molecular complexity index is 324. The molecule has 0 bridgehead atoms. The Kier molecular flexibility index (Phi) is 6.06. The summed E-state index contributed by atoms with van der Waals surface area (Å²) in [6.07, 6.45) is 3.52. The van der Waals surface area contributed by atoms with Crippen molar-refractivity contribution in [1.82, 2.24) is 0 Å². The molecule has 0 aliphatic heterocycles. The van der Waals surface area contributed by atoms with Crippen LogP contribution in [-0.4, -0.2) is 6.61 Å². The highest BCUT2D eigenvalue weighted by molar-refractivity contribution is 5.30. The summed E-state index contributed by atoms with van der Waals surface area (Å²) in [5.41, 5.74) is 7.42. The molecule has 0 radical (unpaired) electrons. The summed E-state index contributed by atoms with van der Waals surface area (Å²) in [5, 5.41) is 0. The molecule has 0 fully saturated rings. The lowest BCUT2D eigenvalue weighted by molar-refractivity contribution is 0.339. The quantitative estimate of drug-likeness (QED) is 0.777. The second-order valence-electron chi connectivity index (χ2n) is 4.74. The Hall–Kier alpha value is -1.02. The van der Waals surface area contributed by atoms with Gasteiger partial charge in [0, 0.05) is 6.04 Å². The third-order valence-corrected chi connectivity index (χ3v) is 3.04. The van der Waals surface area contributed by atoms with E-state index in [1.165, 1.54) is 18.4 Å². The van der Waals surface area contributed by atoms with Gasteiger partial charge >= 0.3 is 0 Å². The number of rotatable bonds is 7. The van der Waals surface area contributed by atoms with Crippen molar-refractivity contribution >= 4 is 0 Å². The fourth-order valence-corrected chi connectivity index (χ4v) is 2.18. The lowest BCUT2D eigenvalue weighted by atomic mass is 9.93. The third-order valence-electron chi connectivity index (χ3n) is 3.04. The van der Waals surface area contributed by atoms with Gasteiger partial charge < -0.3 is 10.5 Å². The lowest BCUT2D eigenvalue weighted by Crippen LogP contribution is -2.14. The van der Waals surface area contributed by atoms with Crippen LogP contribution < -0.4 is 10.5 Å². The minimum Gasteiger partial charge on any atom is -0.494 e. The van der Waals surface area contributed by atoms with Gasteiger partial charge in [-0.3, -0.25) is 0 Å². The summed E-state index contributed by atoms with van der Waals surface area (Å²) < 4.78 is 5.49. The average molecular weight is 235 g/mol. The van der Waals surface area contributed by atoms with E-state index in [2.05, 4.69) is 26.0 Å². The maximum absolute atomic E-state index is 6.24. The predicted molar refractivity (Wildman–Crippen MR) is 73.2 cm³/mol. The van der Waals surface area contributed by atoms with Gasteiger partial charge in [-0.2, -0.15) is 0 Å². The minimum atomic E-state index is 0.122. The second-order valence-corrected chi connectivity index (χ2v) is 4.74. The molecule has 2 unspecified atom stereocenters. The first-order valence-electron chi connectivity index (χ1n) is 6.65. The highest BCUT2D eigenvalue weighted by Crippen LogP contribution is 2.24. The predicted octanol–water partition coefficient (Wildman–Crippen LogP) is 3.91. The molecule has 0 aliphatic carbocycles. The summed E-state index contributed by atoms with van der Waals surface area (Å²) >= 11 is 0. The fraction of sp³-hybridized carbons (Fsp3) is 0.600. The van der Waals surface area contributed by atoms with Crippen LogP contribution >= 0.6 is 0 Å². The van der Waals surface area contributed by atoms with Crippen molar-refractivity contribution in [2.75, 3.05) is 6.61 Å². The van der Waals surface area contributed by atoms with Gasteiger partial charge in [0.05, 0.1) is 6.61 Å². The van der Waals surface area contributed by atoms with Crippen LogP contribution in [0.1, 0.15) is 51.6 Å². The second kappa shape index (κ2) is 7.33. The van der Waals surface area contributed by atoms with Gasteiger partial charge in [0.1, 0.15) is 5.75 Å². The fourth-order valence-electron chi connectivity index (χ4n) is 2.18. The molecular weight excluding hydrogens is 210 g/mol. The van der Waals surface area contributed by atoms with Gasteiger partial charge in [0.2, 0.25) is 0 Å². The van der Waals surface area contributed by atoms with E-state index in [1.54, 1.807) is 0 Å². The molecule has 0 saturated heterocycles. The zero-order valence-electron chi connectivity index (χ0n) is 11.3. The molecule has 2 N–H and O–H groups in total. The molecule has 17 heavy (non-hydrogen) atoms. The summed E-state index contributed by atoms with van der Waals surface area (Å²) in [6, 6.07) is 8.27. The van der Waals surface area contributed by atoms with Crippen molar-refractivity contribution in [3.8, 4) is 5.75 Å². The molecule has 1 aromatic rings. The Morgan fingerprint density at radius 2 is 2.06 bits per heavy atom. The van der Waals surface area contributed by atoms with E-state index in [1.807, 2.05) is 19.1 Å². The molecule has 1 aromatic carbocycles. The van der Waals surface area contributed by atoms with Crippen LogP contribution in [0.4, 0.5) is 0 Å². The third kappa shape index (κ3) is 4.78. The van der Waals surface area contributed by atoms with Gasteiger partial charge in [-0.25, -0.2) is 0 Å². The van der Waals surface area contributed by atoms with Gasteiger partial charge in [0.25, 0.3) is 0 Å². The Morgan fingerprint density at radius 3 is 2.71 bits per heavy atom. The number of hydrogen-bond acceptors (Lipinski definition) is 2. The highest BCUT2D eigenvalue weighted by atomic mass is 16.5. The van der Waals surface area contributed by atoms with E-state index >= 15 is 0 Å². The zero-order valence-corrected chi connectivity index (χ0v) is 11.3. The molecule has 1 rings (SSSR count). The van der Waals surface area contributed by atoms with Crippen molar-refractivity contribution in [1.29, 1.82) is 0 Å².